The first-order valence-corrected chi connectivity index (χ1v) is 11.6. The largest absolute Gasteiger partial charge is 0.375 e. The van der Waals surface area contributed by atoms with Gasteiger partial charge in [0.05, 0.1) is 21.8 Å². The molecule has 6 nitrogen and oxygen atoms in total. The number of carbonyl (C=O) groups is 1. The number of halogens is 2. The van der Waals surface area contributed by atoms with Gasteiger partial charge < -0.3 is 15.5 Å². The second-order valence-corrected chi connectivity index (χ2v) is 10.3. The average molecular weight is 466 g/mol. The molecule has 5 rings (SSSR count). The van der Waals surface area contributed by atoms with E-state index in [1.807, 2.05) is 17.9 Å². The quantitative estimate of drug-likeness (QED) is 0.714. The number of anilines is 2. The fourth-order valence-electron chi connectivity index (χ4n) is 4.69. The summed E-state index contributed by atoms with van der Waals surface area (Å²) >= 11 is 1.42. The SMILES string of the molecule is Cc1nc(N)sc1-c1cc2c(c(N3CCC(C)(F)CC3)n1)C(=O)N([C@@H](C)C1CC1)C2.Cl. The van der Waals surface area contributed by atoms with Gasteiger partial charge in [0, 0.05) is 25.7 Å². The summed E-state index contributed by atoms with van der Waals surface area (Å²) in [5.41, 5.74) is 8.13. The van der Waals surface area contributed by atoms with E-state index in [0.29, 0.717) is 54.9 Å². The maximum absolute atomic E-state index is 14.4. The van der Waals surface area contributed by atoms with E-state index in [4.69, 9.17) is 10.7 Å². The van der Waals surface area contributed by atoms with Crippen molar-refractivity contribution in [3.63, 3.8) is 0 Å². The van der Waals surface area contributed by atoms with Crippen LogP contribution in [0, 0.1) is 12.8 Å². The number of piperidine rings is 1. The number of hydrogen-bond acceptors (Lipinski definition) is 6. The van der Waals surface area contributed by atoms with Crippen molar-refractivity contribution in [1.82, 2.24) is 14.9 Å². The molecule has 0 unspecified atom stereocenters. The van der Waals surface area contributed by atoms with Crippen LogP contribution >= 0.6 is 23.7 Å². The van der Waals surface area contributed by atoms with Gasteiger partial charge in [0.1, 0.15) is 11.5 Å². The van der Waals surface area contributed by atoms with E-state index in [2.05, 4.69) is 16.8 Å². The Morgan fingerprint density at radius 2 is 1.97 bits per heavy atom. The molecule has 168 valence electrons. The fourth-order valence-corrected chi connectivity index (χ4v) is 5.48. The van der Waals surface area contributed by atoms with E-state index in [9.17, 15) is 9.18 Å². The third-order valence-electron chi connectivity index (χ3n) is 6.84. The van der Waals surface area contributed by atoms with Crippen LogP contribution < -0.4 is 10.6 Å². The first-order chi connectivity index (χ1) is 14.2. The Kier molecular flexibility index (Phi) is 5.67. The lowest BCUT2D eigenvalue weighted by Gasteiger charge is -2.35. The summed E-state index contributed by atoms with van der Waals surface area (Å²) in [6, 6.07) is 2.26. The van der Waals surface area contributed by atoms with Gasteiger partial charge in [-0.15, -0.1) is 12.4 Å². The molecule has 0 aromatic carbocycles. The van der Waals surface area contributed by atoms with Crippen molar-refractivity contribution < 1.29 is 9.18 Å². The smallest absolute Gasteiger partial charge is 0.258 e. The Morgan fingerprint density at radius 1 is 1.29 bits per heavy atom. The summed E-state index contributed by atoms with van der Waals surface area (Å²) in [7, 11) is 0. The Morgan fingerprint density at radius 3 is 2.55 bits per heavy atom. The van der Waals surface area contributed by atoms with Gasteiger partial charge in [-0.1, -0.05) is 11.3 Å². The van der Waals surface area contributed by atoms with Crippen LogP contribution in [0.25, 0.3) is 10.6 Å². The Labute approximate surface area is 192 Å². The minimum absolute atomic E-state index is 0. The van der Waals surface area contributed by atoms with Crippen LogP contribution in [0.4, 0.5) is 15.3 Å². The number of fused-ring (bicyclic) bond motifs is 1. The van der Waals surface area contributed by atoms with Gasteiger partial charge in [0.15, 0.2) is 5.13 Å². The van der Waals surface area contributed by atoms with Crippen LogP contribution in [0.5, 0.6) is 0 Å². The second-order valence-electron chi connectivity index (χ2n) is 9.24. The summed E-state index contributed by atoms with van der Waals surface area (Å²) in [5.74, 6) is 1.36. The number of aryl methyl sites for hydroxylation is 1. The highest BCUT2D eigenvalue weighted by Gasteiger charge is 2.42. The molecule has 31 heavy (non-hydrogen) atoms. The zero-order valence-electron chi connectivity index (χ0n) is 18.2. The zero-order chi connectivity index (χ0) is 21.2. The summed E-state index contributed by atoms with van der Waals surface area (Å²) < 4.78 is 14.4. The van der Waals surface area contributed by atoms with Crippen molar-refractivity contribution >= 4 is 40.6 Å². The topological polar surface area (TPSA) is 75.3 Å². The molecule has 4 heterocycles. The van der Waals surface area contributed by atoms with E-state index < -0.39 is 5.67 Å². The lowest BCUT2D eigenvalue weighted by molar-refractivity contribution is 0.0697. The van der Waals surface area contributed by atoms with Crippen molar-refractivity contribution in [2.45, 2.75) is 64.7 Å². The van der Waals surface area contributed by atoms with Crippen LogP contribution in [0.1, 0.15) is 61.1 Å². The molecule has 1 saturated heterocycles. The molecule has 1 aliphatic carbocycles. The highest BCUT2D eigenvalue weighted by molar-refractivity contribution is 7.18. The molecule has 1 amide bonds. The maximum atomic E-state index is 14.4. The van der Waals surface area contributed by atoms with Gasteiger partial charge in [-0.25, -0.2) is 14.4 Å². The number of carbonyl (C=O) groups excluding carboxylic acids is 1. The van der Waals surface area contributed by atoms with E-state index in [-0.39, 0.29) is 24.4 Å². The standard InChI is InChI=1S/C22H28FN5OS.ClH/c1-12-18(30-21(24)25-12)16-10-15-11-28(13(2)14-4-5-14)20(29)17(15)19(26-16)27-8-6-22(3,23)7-9-27;/h10,13-14H,4-9,11H2,1-3H3,(H2,24,25);1H/t13-;/m0./s1. The molecule has 2 aromatic rings. The van der Waals surface area contributed by atoms with E-state index in [1.54, 1.807) is 6.92 Å². The summed E-state index contributed by atoms with van der Waals surface area (Å²) in [6.07, 6.45) is 3.27. The number of rotatable bonds is 4. The number of thiazole rings is 1. The molecule has 2 fully saturated rings. The molecular formula is C22H29ClFN5OS. The fraction of sp³-hybridized carbons (Fsp3) is 0.591. The van der Waals surface area contributed by atoms with Gasteiger partial charge in [0.2, 0.25) is 0 Å². The molecule has 2 aromatic heterocycles. The van der Waals surface area contributed by atoms with Gasteiger partial charge in [-0.05, 0) is 64.0 Å². The first-order valence-electron chi connectivity index (χ1n) is 10.8. The third kappa shape index (κ3) is 4.00. The van der Waals surface area contributed by atoms with Crippen molar-refractivity contribution in [3.05, 3.63) is 22.9 Å². The predicted octanol–water partition coefficient (Wildman–Crippen LogP) is 4.60. The molecule has 0 bridgehead atoms. The lowest BCUT2D eigenvalue weighted by Crippen LogP contribution is -2.41. The molecule has 2 aliphatic heterocycles. The van der Waals surface area contributed by atoms with Crippen molar-refractivity contribution in [2.24, 2.45) is 5.92 Å². The number of pyridine rings is 1. The molecule has 1 saturated carbocycles. The van der Waals surface area contributed by atoms with Gasteiger partial charge in [-0.3, -0.25) is 4.79 Å². The molecule has 3 aliphatic rings. The maximum Gasteiger partial charge on any atom is 0.258 e. The van der Waals surface area contributed by atoms with Crippen LogP contribution in [0.3, 0.4) is 0 Å². The number of amides is 1. The van der Waals surface area contributed by atoms with E-state index >= 15 is 0 Å². The van der Waals surface area contributed by atoms with Crippen LogP contribution in [0.2, 0.25) is 0 Å². The molecular weight excluding hydrogens is 437 g/mol. The van der Waals surface area contributed by atoms with Gasteiger partial charge >= 0.3 is 0 Å². The predicted molar refractivity (Wildman–Crippen MR) is 125 cm³/mol. The monoisotopic (exact) mass is 465 g/mol. The molecule has 1 atom stereocenters. The number of nitrogens with two attached hydrogens (primary N) is 1. The van der Waals surface area contributed by atoms with Crippen molar-refractivity contribution in [3.8, 4) is 10.6 Å². The Bertz CT molecular complexity index is 1010. The molecule has 9 heteroatoms. The van der Waals surface area contributed by atoms with Gasteiger partial charge in [-0.2, -0.15) is 0 Å². The third-order valence-corrected chi connectivity index (χ3v) is 7.85. The normalized spacial score (nSPS) is 21.1. The molecule has 0 radical (unpaired) electrons. The number of alkyl halides is 1. The van der Waals surface area contributed by atoms with E-state index in [0.717, 1.165) is 21.8 Å². The Hall–Kier alpha value is -1.93. The van der Waals surface area contributed by atoms with Crippen LogP contribution in [-0.2, 0) is 6.54 Å². The van der Waals surface area contributed by atoms with Crippen molar-refractivity contribution in [1.29, 1.82) is 0 Å². The first kappa shape index (κ1) is 22.3. The minimum Gasteiger partial charge on any atom is -0.375 e. The minimum atomic E-state index is -1.16. The van der Waals surface area contributed by atoms with Crippen LogP contribution in [-0.4, -0.2) is 45.6 Å². The summed E-state index contributed by atoms with van der Waals surface area (Å²) in [5, 5.41) is 0.512. The van der Waals surface area contributed by atoms with Crippen LogP contribution in [0.15, 0.2) is 6.07 Å². The highest BCUT2D eigenvalue weighted by Crippen LogP contribution is 2.42. The van der Waals surface area contributed by atoms with Gasteiger partial charge in [0.25, 0.3) is 5.91 Å². The number of nitrogens with zero attached hydrogens (tertiary/aromatic N) is 4. The summed E-state index contributed by atoms with van der Waals surface area (Å²) in [6.45, 7) is 7.47. The Balaban J connectivity index is 0.00000231. The zero-order valence-corrected chi connectivity index (χ0v) is 19.8. The number of aromatic nitrogens is 2. The number of nitrogen functional groups attached to an aromatic ring is 1. The van der Waals surface area contributed by atoms with E-state index in [1.165, 1.54) is 24.2 Å². The lowest BCUT2D eigenvalue weighted by atomic mass is 9.95. The second kappa shape index (κ2) is 7.89. The molecule has 2 N–H and O–H groups in total. The number of hydrogen-bond donors (Lipinski definition) is 1. The average Bonchev–Trinajstić information content (AvgIpc) is 3.41. The van der Waals surface area contributed by atoms with Crippen molar-refractivity contribution in [2.75, 3.05) is 23.7 Å². The highest BCUT2D eigenvalue weighted by atomic mass is 35.5. The molecule has 0 spiro atoms. The summed E-state index contributed by atoms with van der Waals surface area (Å²) in [4.78, 5) is 27.7.